The molecule has 4 heteroatoms. The smallest absolute Gasteiger partial charge is 0.222 e. The summed E-state index contributed by atoms with van der Waals surface area (Å²) in [7, 11) is 0. The van der Waals surface area contributed by atoms with Gasteiger partial charge >= 0.3 is 0 Å². The summed E-state index contributed by atoms with van der Waals surface area (Å²) in [5.74, 6) is 0. The third kappa shape index (κ3) is 1.22. The van der Waals surface area contributed by atoms with Gasteiger partial charge in [0.25, 0.3) is 0 Å². The number of pyridine rings is 1. The molecule has 0 atom stereocenters. The molecule has 0 aromatic carbocycles. The highest BCUT2D eigenvalue weighted by atomic mass is 127. The van der Waals surface area contributed by atoms with E-state index in [4.69, 9.17) is 0 Å². The van der Waals surface area contributed by atoms with E-state index in [0.717, 1.165) is 5.52 Å². The Kier molecular flexibility index (Phi) is 1.84. The van der Waals surface area contributed by atoms with Crippen molar-refractivity contribution >= 4 is 31.9 Å². The molecule has 0 saturated heterocycles. The lowest BCUT2D eigenvalue weighted by Crippen LogP contribution is -1.91. The van der Waals surface area contributed by atoms with Crippen LogP contribution in [0.1, 0.15) is 10.4 Å². The van der Waals surface area contributed by atoms with Crippen molar-refractivity contribution in [3.05, 3.63) is 36.2 Å². The van der Waals surface area contributed by atoms with Crippen LogP contribution >= 0.6 is 22.6 Å². The number of fused-ring (bicyclic) bond motifs is 1. The maximum Gasteiger partial charge on any atom is 0.222 e. The molecular formula is C8H5IN2O. The van der Waals surface area contributed by atoms with E-state index in [2.05, 4.69) is 5.10 Å². The zero-order chi connectivity index (χ0) is 8.55. The lowest BCUT2D eigenvalue weighted by molar-refractivity contribution is 0.110. The number of carbonyl (C=O) groups is 1. The number of nitrogens with zero attached hydrogens (tertiary/aromatic N) is 2. The van der Waals surface area contributed by atoms with Crippen LogP contribution < -0.4 is 0 Å². The molecule has 2 aromatic rings. The summed E-state index contributed by atoms with van der Waals surface area (Å²) >= 11 is 1.77. The van der Waals surface area contributed by atoms with Crippen LogP contribution in [0.5, 0.6) is 0 Å². The highest BCUT2D eigenvalue weighted by Gasteiger charge is 2.01. The molecule has 0 N–H and O–H groups in total. The second-order valence-electron chi connectivity index (χ2n) is 2.39. The van der Waals surface area contributed by atoms with Gasteiger partial charge in [0.05, 0.1) is 5.52 Å². The van der Waals surface area contributed by atoms with Crippen LogP contribution in [-0.2, 0) is 0 Å². The van der Waals surface area contributed by atoms with Gasteiger partial charge < -0.3 is 0 Å². The first kappa shape index (κ1) is 7.72. The Hall–Kier alpha value is -0.910. The number of aromatic nitrogens is 2. The largest absolute Gasteiger partial charge is 0.282 e. The van der Waals surface area contributed by atoms with Crippen molar-refractivity contribution in [2.75, 3.05) is 0 Å². The molecule has 0 saturated carbocycles. The molecule has 12 heavy (non-hydrogen) atoms. The Morgan fingerprint density at radius 3 is 3.08 bits per heavy atom. The third-order valence-electron chi connectivity index (χ3n) is 1.63. The Balaban J connectivity index is 2.68. The van der Waals surface area contributed by atoms with E-state index in [1.165, 1.54) is 0 Å². The van der Waals surface area contributed by atoms with Crippen molar-refractivity contribution in [3.8, 4) is 0 Å². The van der Waals surface area contributed by atoms with Crippen molar-refractivity contribution in [2.24, 2.45) is 0 Å². The molecular weight excluding hydrogens is 267 g/mol. The molecule has 3 nitrogen and oxygen atoms in total. The van der Waals surface area contributed by atoms with E-state index in [-0.39, 0.29) is 3.79 Å². The Bertz CT molecular complexity index is 435. The first-order valence-electron chi connectivity index (χ1n) is 3.40. The fourth-order valence-corrected chi connectivity index (χ4v) is 1.38. The topological polar surface area (TPSA) is 34.4 Å². The van der Waals surface area contributed by atoms with Crippen LogP contribution in [-0.4, -0.2) is 13.4 Å². The number of carbonyl (C=O) groups excluding carboxylic acids is 1. The van der Waals surface area contributed by atoms with E-state index in [9.17, 15) is 4.79 Å². The van der Waals surface area contributed by atoms with Crippen LogP contribution in [0.25, 0.3) is 5.52 Å². The molecule has 0 fully saturated rings. The normalized spacial score (nSPS) is 10.4. The second-order valence-corrected chi connectivity index (χ2v) is 3.37. The van der Waals surface area contributed by atoms with Gasteiger partial charge in [0.2, 0.25) is 3.79 Å². The summed E-state index contributed by atoms with van der Waals surface area (Å²) in [6, 6.07) is 5.44. The van der Waals surface area contributed by atoms with E-state index in [0.29, 0.717) is 5.56 Å². The minimum Gasteiger partial charge on any atom is -0.282 e. The van der Waals surface area contributed by atoms with Crippen molar-refractivity contribution < 1.29 is 4.79 Å². The average molecular weight is 272 g/mol. The van der Waals surface area contributed by atoms with Gasteiger partial charge in [-0.25, -0.2) is 4.52 Å². The summed E-state index contributed by atoms with van der Waals surface area (Å²) in [5.41, 5.74) is 1.65. The molecule has 2 rings (SSSR count). The van der Waals surface area contributed by atoms with Gasteiger partial charge in [0.15, 0.2) is 0 Å². The van der Waals surface area contributed by atoms with Gasteiger partial charge in [-0.3, -0.25) is 4.79 Å². The van der Waals surface area contributed by atoms with E-state index in [1.807, 2.05) is 12.1 Å². The number of hydrogen-bond acceptors (Lipinski definition) is 2. The van der Waals surface area contributed by atoms with Crippen molar-refractivity contribution in [1.29, 1.82) is 0 Å². The predicted molar refractivity (Wildman–Crippen MR) is 53.5 cm³/mol. The van der Waals surface area contributed by atoms with Gasteiger partial charge in [-0.15, -0.1) is 0 Å². The Morgan fingerprint density at radius 1 is 1.50 bits per heavy atom. The van der Waals surface area contributed by atoms with Gasteiger partial charge in [0, 0.05) is 40.5 Å². The fourth-order valence-electron chi connectivity index (χ4n) is 1.04. The zero-order valence-corrected chi connectivity index (χ0v) is 8.22. The summed E-state index contributed by atoms with van der Waals surface area (Å²) < 4.78 is 1.78. The van der Waals surface area contributed by atoms with Gasteiger partial charge in [-0.1, -0.05) is 0 Å². The van der Waals surface area contributed by atoms with E-state index in [1.54, 1.807) is 45.6 Å². The monoisotopic (exact) mass is 272 g/mol. The molecule has 2 aromatic heterocycles. The third-order valence-corrected chi connectivity index (χ3v) is 2.25. The molecule has 0 unspecified atom stereocenters. The van der Waals surface area contributed by atoms with Crippen LogP contribution in [0.2, 0.25) is 0 Å². The highest BCUT2D eigenvalue weighted by Crippen LogP contribution is 2.09. The molecule has 0 amide bonds. The first-order chi connectivity index (χ1) is 5.77. The fraction of sp³-hybridized carbons (Fsp3) is 0. The van der Waals surface area contributed by atoms with Crippen LogP contribution in [0.4, 0.5) is 0 Å². The number of halogens is 1. The molecule has 60 valence electrons. The van der Waals surface area contributed by atoms with Crippen LogP contribution in [0.3, 0.4) is 0 Å². The summed E-state index contributed by atoms with van der Waals surface area (Å²) in [5, 5.41) is 4.02. The minimum absolute atomic E-state index is 0.0521. The van der Waals surface area contributed by atoms with Crippen LogP contribution in [0, 0.1) is 0 Å². The zero-order valence-electron chi connectivity index (χ0n) is 6.07. The molecule has 0 aliphatic heterocycles. The maximum absolute atomic E-state index is 11.0. The SMILES string of the molecule is O=C(I)c1ccn2nccc2c1. The maximum atomic E-state index is 11.0. The van der Waals surface area contributed by atoms with Crippen molar-refractivity contribution in [2.45, 2.75) is 0 Å². The lowest BCUT2D eigenvalue weighted by atomic mass is 10.3. The molecule has 0 spiro atoms. The summed E-state index contributed by atoms with van der Waals surface area (Å²) in [4.78, 5) is 11.0. The van der Waals surface area contributed by atoms with Gasteiger partial charge in [0.1, 0.15) is 0 Å². The molecule has 0 aliphatic carbocycles. The minimum atomic E-state index is 0.0521. The molecule has 2 heterocycles. The Labute approximate surface area is 82.5 Å². The lowest BCUT2D eigenvalue weighted by Gasteiger charge is -1.94. The summed E-state index contributed by atoms with van der Waals surface area (Å²) in [6.07, 6.45) is 3.48. The van der Waals surface area contributed by atoms with Crippen LogP contribution in [0.15, 0.2) is 30.6 Å². The Morgan fingerprint density at radius 2 is 2.33 bits per heavy atom. The second kappa shape index (κ2) is 2.85. The molecule has 0 radical (unpaired) electrons. The van der Waals surface area contributed by atoms with Gasteiger partial charge in [-0.05, 0) is 18.2 Å². The standard InChI is InChI=1S/C8H5IN2O/c9-8(12)6-2-4-11-7(5-6)1-3-10-11/h1-5H. The van der Waals surface area contributed by atoms with Gasteiger partial charge in [-0.2, -0.15) is 5.10 Å². The van der Waals surface area contributed by atoms with Crippen molar-refractivity contribution in [3.63, 3.8) is 0 Å². The average Bonchev–Trinajstić information content (AvgIpc) is 2.49. The van der Waals surface area contributed by atoms with E-state index >= 15 is 0 Å². The summed E-state index contributed by atoms with van der Waals surface area (Å²) in [6.45, 7) is 0. The molecule has 0 bridgehead atoms. The molecule has 0 aliphatic rings. The van der Waals surface area contributed by atoms with E-state index < -0.39 is 0 Å². The number of rotatable bonds is 1. The first-order valence-corrected chi connectivity index (χ1v) is 4.48. The predicted octanol–water partition coefficient (Wildman–Crippen LogP) is 1.91. The quantitative estimate of drug-likeness (QED) is 0.587. The highest BCUT2D eigenvalue weighted by molar-refractivity contribution is 14.1. The number of hydrogen-bond donors (Lipinski definition) is 0. The van der Waals surface area contributed by atoms with Crippen molar-refractivity contribution in [1.82, 2.24) is 9.61 Å².